The second-order valence-corrected chi connectivity index (χ2v) is 14.9. The van der Waals surface area contributed by atoms with Crippen LogP contribution >= 0.6 is 0 Å². The van der Waals surface area contributed by atoms with E-state index in [4.69, 9.17) is 0 Å². The summed E-state index contributed by atoms with van der Waals surface area (Å²) in [5.41, 5.74) is 0. The van der Waals surface area contributed by atoms with Crippen molar-refractivity contribution >= 4 is 5.91 Å². The molecule has 1 amide bonds. The Morgan fingerprint density at radius 1 is 0.447 bits per heavy atom. The average molecular weight is 668 g/mol. The molecule has 0 saturated carbocycles. The van der Waals surface area contributed by atoms with Gasteiger partial charge in [-0.15, -0.1) is 0 Å². The summed E-state index contributed by atoms with van der Waals surface area (Å²) in [6, 6.07) is -0.801. The number of carbonyl (C=O) groups is 1. The van der Waals surface area contributed by atoms with E-state index in [1.165, 1.54) is 180 Å². The normalized spacial score (nSPS) is 13.6. The van der Waals surface area contributed by atoms with Crippen LogP contribution in [-0.2, 0) is 4.79 Å². The Kier molecular flexibility index (Phi) is 37.6. The first-order valence-corrected chi connectivity index (χ1v) is 21.3. The van der Waals surface area contributed by atoms with Crippen LogP contribution in [-0.4, -0.2) is 46.1 Å². The Morgan fingerprint density at radius 3 is 1.02 bits per heavy atom. The number of nitrogens with one attached hydrogen (secondary N) is 1. The monoisotopic (exact) mass is 668 g/mol. The molecule has 0 rings (SSSR count). The molecule has 0 saturated heterocycles. The van der Waals surface area contributed by atoms with E-state index >= 15 is 0 Å². The average Bonchev–Trinajstić information content (AvgIpc) is 3.07. The number of unbranched alkanes of at least 4 members (excludes halogenated alkanes) is 31. The van der Waals surface area contributed by atoms with Crippen LogP contribution in [0.3, 0.4) is 0 Å². The number of rotatable bonds is 39. The number of aliphatic hydroxyl groups is 3. The van der Waals surface area contributed by atoms with Gasteiger partial charge in [0, 0.05) is 6.42 Å². The molecule has 3 unspecified atom stereocenters. The number of hydrogen-bond donors (Lipinski definition) is 4. The second kappa shape index (κ2) is 38.2. The lowest BCUT2D eigenvalue weighted by Gasteiger charge is -2.26. The lowest BCUT2D eigenvalue weighted by atomic mass is 9.99. The van der Waals surface area contributed by atoms with E-state index in [-0.39, 0.29) is 12.5 Å². The van der Waals surface area contributed by atoms with E-state index in [1.807, 2.05) is 0 Å². The lowest BCUT2D eigenvalue weighted by molar-refractivity contribution is -0.124. The molecule has 47 heavy (non-hydrogen) atoms. The highest BCUT2D eigenvalue weighted by Crippen LogP contribution is 2.17. The van der Waals surface area contributed by atoms with Gasteiger partial charge in [0.15, 0.2) is 0 Å². The predicted octanol–water partition coefficient (Wildman–Crippen LogP) is 11.9. The predicted molar refractivity (Wildman–Crippen MR) is 204 cm³/mol. The van der Waals surface area contributed by atoms with Crippen LogP contribution in [0.1, 0.15) is 239 Å². The number of hydrogen-bond acceptors (Lipinski definition) is 4. The molecule has 0 radical (unpaired) electrons. The highest BCUT2D eigenvalue weighted by molar-refractivity contribution is 5.76. The summed E-state index contributed by atoms with van der Waals surface area (Å²) in [4.78, 5) is 12.4. The number of amides is 1. The maximum atomic E-state index is 12.4. The van der Waals surface area contributed by atoms with E-state index < -0.39 is 18.2 Å². The number of carbonyl (C=O) groups excluding carboxylic acids is 1. The van der Waals surface area contributed by atoms with Gasteiger partial charge in [-0.1, -0.05) is 219 Å². The summed E-state index contributed by atoms with van der Waals surface area (Å²) < 4.78 is 0. The SMILES string of the molecule is CCCCCCCCCCCCCCCCCCCCC(O)C(O)C(CO)NC(=O)CCCCCCCCCCCCCCCCC. The fourth-order valence-electron chi connectivity index (χ4n) is 6.87. The van der Waals surface area contributed by atoms with Gasteiger partial charge in [-0.2, -0.15) is 0 Å². The van der Waals surface area contributed by atoms with Crippen molar-refractivity contribution in [3.63, 3.8) is 0 Å². The maximum absolute atomic E-state index is 12.4. The van der Waals surface area contributed by atoms with Crippen molar-refractivity contribution in [1.82, 2.24) is 5.32 Å². The quantitative estimate of drug-likeness (QED) is 0.0491. The Hall–Kier alpha value is -0.650. The zero-order chi connectivity index (χ0) is 34.5. The molecule has 0 heterocycles. The van der Waals surface area contributed by atoms with Gasteiger partial charge in [-0.05, 0) is 12.8 Å². The fraction of sp³-hybridized carbons (Fsp3) is 0.976. The van der Waals surface area contributed by atoms with Gasteiger partial charge >= 0.3 is 0 Å². The van der Waals surface area contributed by atoms with Crippen molar-refractivity contribution in [2.75, 3.05) is 6.61 Å². The van der Waals surface area contributed by atoms with E-state index in [1.54, 1.807) is 0 Å². The van der Waals surface area contributed by atoms with Gasteiger partial charge in [0.25, 0.3) is 0 Å². The van der Waals surface area contributed by atoms with Crippen LogP contribution in [0.15, 0.2) is 0 Å². The third kappa shape index (κ3) is 33.6. The minimum absolute atomic E-state index is 0.141. The van der Waals surface area contributed by atoms with E-state index in [0.29, 0.717) is 12.8 Å². The van der Waals surface area contributed by atoms with E-state index in [0.717, 1.165) is 32.1 Å². The van der Waals surface area contributed by atoms with Crippen molar-refractivity contribution in [2.45, 2.75) is 257 Å². The van der Waals surface area contributed by atoms with E-state index in [9.17, 15) is 20.1 Å². The van der Waals surface area contributed by atoms with Crippen LogP contribution in [0, 0.1) is 0 Å². The van der Waals surface area contributed by atoms with Gasteiger partial charge in [-0.25, -0.2) is 0 Å². The largest absolute Gasteiger partial charge is 0.394 e. The van der Waals surface area contributed by atoms with Crippen LogP contribution in [0.2, 0.25) is 0 Å². The van der Waals surface area contributed by atoms with Crippen LogP contribution in [0.4, 0.5) is 0 Å². The highest BCUT2D eigenvalue weighted by atomic mass is 16.3. The standard InChI is InChI=1S/C42H85NO4/c1-3-5-7-9-11-13-15-17-19-20-21-23-24-26-28-30-32-34-36-40(45)42(47)39(38-44)43-41(46)37-35-33-31-29-27-25-22-18-16-14-12-10-8-6-4-2/h39-40,42,44-45,47H,3-38H2,1-2H3,(H,43,46). The molecule has 0 aliphatic rings. The smallest absolute Gasteiger partial charge is 0.220 e. The molecule has 0 aromatic carbocycles. The minimum atomic E-state index is -1.13. The van der Waals surface area contributed by atoms with Gasteiger partial charge in [0.05, 0.1) is 18.8 Å². The van der Waals surface area contributed by atoms with Gasteiger partial charge < -0.3 is 20.6 Å². The molecule has 282 valence electrons. The Balaban J connectivity index is 3.60. The molecule has 0 aromatic rings. The topological polar surface area (TPSA) is 89.8 Å². The van der Waals surface area contributed by atoms with Crippen LogP contribution < -0.4 is 5.32 Å². The molecular weight excluding hydrogens is 582 g/mol. The maximum Gasteiger partial charge on any atom is 0.220 e. The third-order valence-electron chi connectivity index (χ3n) is 10.2. The molecule has 0 aliphatic heterocycles. The first-order valence-electron chi connectivity index (χ1n) is 21.3. The summed E-state index contributed by atoms with van der Waals surface area (Å²) >= 11 is 0. The minimum Gasteiger partial charge on any atom is -0.394 e. The van der Waals surface area contributed by atoms with Crippen molar-refractivity contribution in [2.24, 2.45) is 0 Å². The Bertz CT molecular complexity index is 615. The fourth-order valence-corrected chi connectivity index (χ4v) is 6.87. The van der Waals surface area contributed by atoms with Crippen molar-refractivity contribution in [1.29, 1.82) is 0 Å². The van der Waals surface area contributed by atoms with Crippen molar-refractivity contribution in [3.8, 4) is 0 Å². The van der Waals surface area contributed by atoms with Crippen LogP contribution in [0.5, 0.6) is 0 Å². The summed E-state index contributed by atoms with van der Waals surface area (Å²) in [6.07, 6.45) is 42.0. The highest BCUT2D eigenvalue weighted by Gasteiger charge is 2.26. The summed E-state index contributed by atoms with van der Waals surface area (Å²) in [7, 11) is 0. The molecule has 0 bridgehead atoms. The van der Waals surface area contributed by atoms with E-state index in [2.05, 4.69) is 19.2 Å². The molecular formula is C42H85NO4. The number of aliphatic hydroxyl groups excluding tert-OH is 3. The zero-order valence-corrected chi connectivity index (χ0v) is 31.9. The lowest BCUT2D eigenvalue weighted by Crippen LogP contribution is -2.50. The van der Waals surface area contributed by atoms with Gasteiger partial charge in [-0.3, -0.25) is 4.79 Å². The second-order valence-electron chi connectivity index (χ2n) is 14.9. The first-order chi connectivity index (χ1) is 23.1. The summed E-state index contributed by atoms with van der Waals surface area (Å²) in [5.74, 6) is -0.141. The molecule has 5 heteroatoms. The molecule has 0 fully saturated rings. The van der Waals surface area contributed by atoms with Gasteiger partial charge in [0.2, 0.25) is 5.91 Å². The summed E-state index contributed by atoms with van der Waals surface area (Å²) in [5, 5.41) is 33.5. The molecule has 0 spiro atoms. The first kappa shape index (κ1) is 46.4. The molecule has 3 atom stereocenters. The van der Waals surface area contributed by atoms with Crippen molar-refractivity contribution in [3.05, 3.63) is 0 Å². The Morgan fingerprint density at radius 2 is 0.723 bits per heavy atom. The summed E-state index contributed by atoms with van der Waals surface area (Å²) in [6.45, 7) is 4.19. The van der Waals surface area contributed by atoms with Gasteiger partial charge in [0.1, 0.15) is 6.10 Å². The third-order valence-corrected chi connectivity index (χ3v) is 10.2. The molecule has 5 nitrogen and oxygen atoms in total. The van der Waals surface area contributed by atoms with Crippen molar-refractivity contribution < 1.29 is 20.1 Å². The molecule has 0 aromatic heterocycles. The molecule has 0 aliphatic carbocycles. The molecule has 4 N–H and O–H groups in total. The van der Waals surface area contributed by atoms with Crippen LogP contribution in [0.25, 0.3) is 0 Å². The Labute approximate surface area is 294 Å². The zero-order valence-electron chi connectivity index (χ0n) is 31.9.